The van der Waals surface area contributed by atoms with Crippen molar-refractivity contribution in [1.82, 2.24) is 4.98 Å². The minimum atomic E-state index is 0.892. The van der Waals surface area contributed by atoms with Gasteiger partial charge in [-0.15, -0.1) is 0 Å². The lowest BCUT2D eigenvalue weighted by Crippen LogP contribution is -2.05. The molecule has 0 saturated heterocycles. The Hall–Kier alpha value is -1.83. The summed E-state index contributed by atoms with van der Waals surface area (Å²) in [6.45, 7) is 0.892. The van der Waals surface area contributed by atoms with Gasteiger partial charge in [0.15, 0.2) is 0 Å². The van der Waals surface area contributed by atoms with Crippen molar-refractivity contribution in [3.05, 3.63) is 42.1 Å². The Morgan fingerprint density at radius 2 is 2.21 bits per heavy atom. The van der Waals surface area contributed by atoms with E-state index in [9.17, 15) is 0 Å². The predicted octanol–water partition coefficient (Wildman–Crippen LogP) is 2.67. The van der Waals surface area contributed by atoms with Crippen LogP contribution in [0.25, 0.3) is 17.0 Å². The first-order chi connectivity index (χ1) is 6.95. The highest BCUT2D eigenvalue weighted by Crippen LogP contribution is 2.28. The number of benzene rings is 1. The van der Waals surface area contributed by atoms with Crippen LogP contribution in [0.1, 0.15) is 5.56 Å². The van der Waals surface area contributed by atoms with Crippen LogP contribution in [0.15, 0.2) is 36.5 Å². The molecule has 0 spiro atoms. The number of hydrogen-bond acceptors (Lipinski definition) is 2. The Bertz CT molecular complexity index is 515. The second-order valence-electron chi connectivity index (χ2n) is 3.39. The maximum Gasteiger partial charge on any atom is 0.0939 e. The van der Waals surface area contributed by atoms with Crippen molar-refractivity contribution in [1.29, 1.82) is 0 Å². The molecule has 2 heterocycles. The van der Waals surface area contributed by atoms with Gasteiger partial charge in [0.2, 0.25) is 0 Å². The number of fused-ring (bicyclic) bond motifs is 3. The van der Waals surface area contributed by atoms with Crippen molar-refractivity contribution < 1.29 is 0 Å². The van der Waals surface area contributed by atoms with E-state index in [4.69, 9.17) is 0 Å². The standard InChI is InChI=1S/C12H10N2/c1-3-9-5-6-10-4-2-8-14-12(10)11(9)13-7-1/h1-7,14H,8H2. The third kappa shape index (κ3) is 1.01. The quantitative estimate of drug-likeness (QED) is 0.677. The van der Waals surface area contributed by atoms with Crippen molar-refractivity contribution in [3.8, 4) is 0 Å². The molecule has 0 atom stereocenters. The summed E-state index contributed by atoms with van der Waals surface area (Å²) < 4.78 is 0. The van der Waals surface area contributed by atoms with Gasteiger partial charge in [0.05, 0.1) is 11.2 Å². The summed E-state index contributed by atoms with van der Waals surface area (Å²) in [4.78, 5) is 4.40. The van der Waals surface area contributed by atoms with E-state index < -0.39 is 0 Å². The second kappa shape index (κ2) is 2.84. The smallest absolute Gasteiger partial charge is 0.0939 e. The lowest BCUT2D eigenvalue weighted by atomic mass is 10.1. The van der Waals surface area contributed by atoms with Gasteiger partial charge in [-0.1, -0.05) is 30.4 Å². The van der Waals surface area contributed by atoms with E-state index in [0.717, 1.165) is 17.7 Å². The average molecular weight is 182 g/mol. The van der Waals surface area contributed by atoms with Gasteiger partial charge in [-0.25, -0.2) is 0 Å². The molecule has 14 heavy (non-hydrogen) atoms. The first kappa shape index (κ1) is 7.56. The highest BCUT2D eigenvalue weighted by molar-refractivity contribution is 5.95. The molecular formula is C12H10N2. The van der Waals surface area contributed by atoms with Gasteiger partial charge < -0.3 is 5.32 Å². The molecule has 1 aromatic carbocycles. The van der Waals surface area contributed by atoms with E-state index >= 15 is 0 Å². The van der Waals surface area contributed by atoms with Crippen molar-refractivity contribution >= 4 is 22.7 Å². The Kier molecular flexibility index (Phi) is 1.53. The highest BCUT2D eigenvalue weighted by Gasteiger charge is 2.07. The molecular weight excluding hydrogens is 172 g/mol. The minimum absolute atomic E-state index is 0.892. The summed E-state index contributed by atoms with van der Waals surface area (Å²) in [6.07, 6.45) is 6.10. The van der Waals surface area contributed by atoms with Crippen LogP contribution >= 0.6 is 0 Å². The highest BCUT2D eigenvalue weighted by atomic mass is 14.9. The molecule has 0 fully saturated rings. The molecule has 0 amide bonds. The van der Waals surface area contributed by atoms with E-state index in [1.165, 1.54) is 10.9 Å². The third-order valence-electron chi connectivity index (χ3n) is 2.50. The molecule has 0 saturated carbocycles. The van der Waals surface area contributed by atoms with Crippen LogP contribution in [0, 0.1) is 0 Å². The van der Waals surface area contributed by atoms with Gasteiger partial charge in [-0.3, -0.25) is 4.98 Å². The molecule has 68 valence electrons. The molecule has 3 rings (SSSR count). The van der Waals surface area contributed by atoms with Crippen LogP contribution in [-0.2, 0) is 0 Å². The molecule has 0 unspecified atom stereocenters. The number of pyridine rings is 1. The Morgan fingerprint density at radius 3 is 3.21 bits per heavy atom. The molecule has 0 aliphatic carbocycles. The van der Waals surface area contributed by atoms with Gasteiger partial charge in [0.25, 0.3) is 0 Å². The van der Waals surface area contributed by atoms with Crippen LogP contribution in [0.5, 0.6) is 0 Å². The molecule has 2 nitrogen and oxygen atoms in total. The fourth-order valence-electron chi connectivity index (χ4n) is 1.83. The summed E-state index contributed by atoms with van der Waals surface area (Å²) >= 11 is 0. The number of hydrogen-bond donors (Lipinski definition) is 1. The topological polar surface area (TPSA) is 24.9 Å². The van der Waals surface area contributed by atoms with Crippen molar-refractivity contribution in [2.24, 2.45) is 0 Å². The Balaban J connectivity index is 2.41. The van der Waals surface area contributed by atoms with Gasteiger partial charge in [0, 0.05) is 18.1 Å². The molecule has 1 aliphatic rings. The van der Waals surface area contributed by atoms with Crippen molar-refractivity contribution in [2.45, 2.75) is 0 Å². The van der Waals surface area contributed by atoms with E-state index in [1.807, 2.05) is 12.3 Å². The van der Waals surface area contributed by atoms with Gasteiger partial charge in [0.1, 0.15) is 0 Å². The first-order valence-corrected chi connectivity index (χ1v) is 4.73. The number of nitrogens with zero attached hydrogens (tertiary/aromatic N) is 1. The lowest BCUT2D eigenvalue weighted by Gasteiger charge is -2.14. The minimum Gasteiger partial charge on any atom is -0.379 e. The lowest BCUT2D eigenvalue weighted by molar-refractivity contribution is 1.30. The number of anilines is 1. The molecule has 1 N–H and O–H groups in total. The predicted molar refractivity (Wildman–Crippen MR) is 59.3 cm³/mol. The zero-order valence-electron chi connectivity index (χ0n) is 7.70. The molecule has 0 radical (unpaired) electrons. The van der Waals surface area contributed by atoms with Crippen molar-refractivity contribution in [3.63, 3.8) is 0 Å². The van der Waals surface area contributed by atoms with Crippen LogP contribution in [0.4, 0.5) is 5.69 Å². The zero-order valence-corrected chi connectivity index (χ0v) is 7.70. The number of rotatable bonds is 0. The number of nitrogens with one attached hydrogen (secondary N) is 1. The summed E-state index contributed by atoms with van der Waals surface area (Å²) in [5.74, 6) is 0. The van der Waals surface area contributed by atoms with E-state index in [-0.39, 0.29) is 0 Å². The van der Waals surface area contributed by atoms with Crippen LogP contribution in [-0.4, -0.2) is 11.5 Å². The van der Waals surface area contributed by atoms with E-state index in [2.05, 4.69) is 40.7 Å². The van der Waals surface area contributed by atoms with Crippen molar-refractivity contribution in [2.75, 3.05) is 11.9 Å². The SMILES string of the molecule is C1=Cc2ccc3cccnc3c2NC1. The summed E-state index contributed by atoms with van der Waals surface area (Å²) in [6, 6.07) is 8.29. The van der Waals surface area contributed by atoms with Crippen LogP contribution < -0.4 is 5.32 Å². The first-order valence-electron chi connectivity index (χ1n) is 4.73. The second-order valence-corrected chi connectivity index (χ2v) is 3.39. The fourth-order valence-corrected chi connectivity index (χ4v) is 1.83. The molecule has 1 aromatic heterocycles. The molecule has 2 heteroatoms. The molecule has 1 aliphatic heterocycles. The van der Waals surface area contributed by atoms with E-state index in [0.29, 0.717) is 0 Å². The van der Waals surface area contributed by atoms with E-state index in [1.54, 1.807) is 0 Å². The molecule has 0 bridgehead atoms. The average Bonchev–Trinajstić information content (AvgIpc) is 2.29. The summed E-state index contributed by atoms with van der Waals surface area (Å²) in [5, 5.41) is 4.55. The monoisotopic (exact) mass is 182 g/mol. The fraction of sp³-hybridized carbons (Fsp3) is 0.0833. The largest absolute Gasteiger partial charge is 0.379 e. The third-order valence-corrected chi connectivity index (χ3v) is 2.50. The molecule has 2 aromatic rings. The maximum absolute atomic E-state index is 4.40. The van der Waals surface area contributed by atoms with Gasteiger partial charge in [-0.2, -0.15) is 0 Å². The van der Waals surface area contributed by atoms with Crippen LogP contribution in [0.3, 0.4) is 0 Å². The Morgan fingerprint density at radius 1 is 1.21 bits per heavy atom. The zero-order chi connectivity index (χ0) is 9.38. The number of aromatic nitrogens is 1. The van der Waals surface area contributed by atoms with Gasteiger partial charge >= 0.3 is 0 Å². The van der Waals surface area contributed by atoms with Gasteiger partial charge in [-0.05, 0) is 11.6 Å². The Labute approximate surface area is 82.3 Å². The maximum atomic E-state index is 4.40. The summed E-state index contributed by atoms with van der Waals surface area (Å²) in [5.41, 5.74) is 3.45. The van der Waals surface area contributed by atoms with Crippen LogP contribution in [0.2, 0.25) is 0 Å². The normalized spacial score (nSPS) is 13.7. The summed E-state index contributed by atoms with van der Waals surface area (Å²) in [7, 11) is 0.